The Hall–Kier alpha value is -1.96. The van der Waals surface area contributed by atoms with Crippen LogP contribution in [0.3, 0.4) is 0 Å². The Labute approximate surface area is 191 Å². The molecule has 0 atom stereocenters. The van der Waals surface area contributed by atoms with Gasteiger partial charge in [0.05, 0.1) is 17.2 Å². The van der Waals surface area contributed by atoms with Crippen LogP contribution in [0.15, 0.2) is 29.3 Å². The van der Waals surface area contributed by atoms with Gasteiger partial charge in [0.2, 0.25) is 0 Å². The van der Waals surface area contributed by atoms with E-state index < -0.39 is 0 Å². The van der Waals surface area contributed by atoms with E-state index in [4.69, 9.17) is 4.99 Å². The largest absolute Gasteiger partial charge is 0.357 e. The molecule has 6 nitrogen and oxygen atoms in total. The van der Waals surface area contributed by atoms with E-state index in [1.165, 1.54) is 34.1 Å². The van der Waals surface area contributed by atoms with Gasteiger partial charge >= 0.3 is 0 Å². The summed E-state index contributed by atoms with van der Waals surface area (Å²) in [6.45, 7) is 17.8. The summed E-state index contributed by atoms with van der Waals surface area (Å²) in [6, 6.07) is 8.94. The second-order valence-electron chi connectivity index (χ2n) is 8.15. The molecule has 1 fully saturated rings. The number of aliphatic imine (C=N–C) groups is 1. The minimum absolute atomic E-state index is 0.681. The summed E-state index contributed by atoms with van der Waals surface area (Å²) in [5, 5.41) is 7.96. The van der Waals surface area contributed by atoms with Crippen LogP contribution in [0.1, 0.15) is 40.6 Å². The van der Waals surface area contributed by atoms with Crippen molar-refractivity contribution in [1.29, 1.82) is 0 Å². The molecule has 0 radical (unpaired) electrons. The fourth-order valence-electron chi connectivity index (χ4n) is 3.72. The van der Waals surface area contributed by atoms with Gasteiger partial charge in [-0.3, -0.25) is 4.90 Å². The molecule has 170 valence electrons. The number of hydrogen-bond acceptors (Lipinski definition) is 5. The number of thiazole rings is 1. The molecule has 2 aromatic rings. The topological polar surface area (TPSA) is 55.8 Å². The number of nitrogens with one attached hydrogen (secondary N) is 2. The summed E-state index contributed by atoms with van der Waals surface area (Å²) in [5.74, 6) is 0.866. The fraction of sp³-hybridized carbons (Fsp3) is 0.583. The molecule has 0 amide bonds. The van der Waals surface area contributed by atoms with Crippen molar-refractivity contribution in [2.24, 2.45) is 4.99 Å². The molecule has 1 aromatic heterocycles. The lowest BCUT2D eigenvalue weighted by molar-refractivity contribution is 0.132. The number of rotatable bonds is 9. The predicted molar refractivity (Wildman–Crippen MR) is 132 cm³/mol. The zero-order valence-electron chi connectivity index (χ0n) is 19.6. The molecule has 31 heavy (non-hydrogen) atoms. The first-order valence-electron chi connectivity index (χ1n) is 11.5. The van der Waals surface area contributed by atoms with Crippen molar-refractivity contribution < 1.29 is 0 Å². The molecular weight excluding hydrogens is 404 g/mol. The van der Waals surface area contributed by atoms with E-state index >= 15 is 0 Å². The quantitative estimate of drug-likeness (QED) is 0.461. The normalized spacial score (nSPS) is 15.9. The van der Waals surface area contributed by atoms with Gasteiger partial charge in [-0.25, -0.2) is 9.98 Å². The molecule has 0 bridgehead atoms. The molecular formula is C24H38N6S. The molecule has 1 saturated heterocycles. The van der Waals surface area contributed by atoms with Crippen LogP contribution in [-0.4, -0.2) is 66.6 Å². The van der Waals surface area contributed by atoms with Crippen LogP contribution in [0.5, 0.6) is 0 Å². The number of guanidine groups is 1. The van der Waals surface area contributed by atoms with Crippen molar-refractivity contribution in [3.05, 3.63) is 51.0 Å². The van der Waals surface area contributed by atoms with E-state index in [1.54, 1.807) is 11.3 Å². The third-order valence-corrected chi connectivity index (χ3v) is 6.94. The van der Waals surface area contributed by atoms with Crippen LogP contribution >= 0.6 is 11.3 Å². The maximum absolute atomic E-state index is 4.76. The second kappa shape index (κ2) is 12.2. The second-order valence-corrected chi connectivity index (χ2v) is 9.44. The van der Waals surface area contributed by atoms with E-state index in [-0.39, 0.29) is 0 Å². The number of hydrogen-bond donors (Lipinski definition) is 2. The summed E-state index contributed by atoms with van der Waals surface area (Å²) < 4.78 is 0. The van der Waals surface area contributed by atoms with Gasteiger partial charge < -0.3 is 15.5 Å². The van der Waals surface area contributed by atoms with Gasteiger partial charge in [0.25, 0.3) is 0 Å². The summed E-state index contributed by atoms with van der Waals surface area (Å²) in [6.07, 6.45) is 0.922. The summed E-state index contributed by atoms with van der Waals surface area (Å²) in [5.41, 5.74) is 3.77. The van der Waals surface area contributed by atoms with Crippen LogP contribution in [-0.2, 0) is 19.5 Å². The van der Waals surface area contributed by atoms with Gasteiger partial charge in [0.15, 0.2) is 5.96 Å². The summed E-state index contributed by atoms with van der Waals surface area (Å²) >= 11 is 1.79. The molecule has 7 heteroatoms. The van der Waals surface area contributed by atoms with Gasteiger partial charge in [-0.1, -0.05) is 31.2 Å². The lowest BCUT2D eigenvalue weighted by atomic mass is 10.1. The Balaban J connectivity index is 1.46. The molecule has 0 saturated carbocycles. The lowest BCUT2D eigenvalue weighted by Crippen LogP contribution is -2.45. The molecule has 2 heterocycles. The van der Waals surface area contributed by atoms with Crippen molar-refractivity contribution in [3.63, 3.8) is 0 Å². The number of piperazine rings is 1. The van der Waals surface area contributed by atoms with Gasteiger partial charge in [0.1, 0.15) is 0 Å². The molecule has 0 spiro atoms. The van der Waals surface area contributed by atoms with Gasteiger partial charge in [-0.15, -0.1) is 11.3 Å². The van der Waals surface area contributed by atoms with Crippen molar-refractivity contribution in [1.82, 2.24) is 25.4 Å². The summed E-state index contributed by atoms with van der Waals surface area (Å²) in [4.78, 5) is 15.8. The number of aryl methyl sites for hydroxylation is 2. The van der Waals surface area contributed by atoms with E-state index in [1.807, 2.05) is 0 Å². The average Bonchev–Trinajstić information content (AvgIpc) is 3.10. The SMILES string of the molecule is CCNC(=NCc1ccc(CN2CCN(CC)CC2)cc1)NCCc1nc(C)c(C)s1. The first kappa shape index (κ1) is 23.7. The maximum Gasteiger partial charge on any atom is 0.191 e. The van der Waals surface area contributed by atoms with E-state index in [0.29, 0.717) is 6.54 Å². The van der Waals surface area contributed by atoms with Crippen LogP contribution in [0, 0.1) is 13.8 Å². The number of likely N-dealkylation sites (N-methyl/N-ethyl adjacent to an activating group) is 1. The Morgan fingerprint density at radius 3 is 2.29 bits per heavy atom. The maximum atomic E-state index is 4.76. The molecule has 1 aliphatic heterocycles. The lowest BCUT2D eigenvalue weighted by Gasteiger charge is -2.34. The minimum Gasteiger partial charge on any atom is -0.357 e. The first-order valence-corrected chi connectivity index (χ1v) is 12.4. The van der Waals surface area contributed by atoms with Gasteiger partial charge in [0, 0.05) is 57.1 Å². The Morgan fingerprint density at radius 2 is 1.68 bits per heavy atom. The third kappa shape index (κ3) is 7.59. The zero-order valence-corrected chi connectivity index (χ0v) is 20.4. The molecule has 1 aliphatic rings. The van der Waals surface area contributed by atoms with Crippen LogP contribution < -0.4 is 10.6 Å². The van der Waals surface area contributed by atoms with Gasteiger partial charge in [-0.2, -0.15) is 0 Å². The average molecular weight is 443 g/mol. The first-order chi connectivity index (χ1) is 15.1. The van der Waals surface area contributed by atoms with Crippen molar-refractivity contribution in [3.8, 4) is 0 Å². The highest BCUT2D eigenvalue weighted by atomic mass is 32.1. The van der Waals surface area contributed by atoms with Crippen LogP contribution in [0.2, 0.25) is 0 Å². The van der Waals surface area contributed by atoms with E-state index in [2.05, 4.69) is 77.4 Å². The highest BCUT2D eigenvalue weighted by Crippen LogP contribution is 2.16. The van der Waals surface area contributed by atoms with Crippen molar-refractivity contribution >= 4 is 17.3 Å². The van der Waals surface area contributed by atoms with Crippen LogP contribution in [0.4, 0.5) is 0 Å². The highest BCUT2D eigenvalue weighted by molar-refractivity contribution is 7.11. The Kier molecular flexibility index (Phi) is 9.31. The fourth-order valence-corrected chi connectivity index (χ4v) is 4.65. The molecule has 2 N–H and O–H groups in total. The number of benzene rings is 1. The number of nitrogens with zero attached hydrogens (tertiary/aromatic N) is 4. The zero-order chi connectivity index (χ0) is 22.1. The van der Waals surface area contributed by atoms with Gasteiger partial charge in [-0.05, 0) is 38.4 Å². The smallest absolute Gasteiger partial charge is 0.191 e. The van der Waals surface area contributed by atoms with E-state index in [9.17, 15) is 0 Å². The molecule has 0 unspecified atom stereocenters. The summed E-state index contributed by atoms with van der Waals surface area (Å²) in [7, 11) is 0. The molecule has 1 aromatic carbocycles. The Bertz CT molecular complexity index is 802. The van der Waals surface area contributed by atoms with E-state index in [0.717, 1.165) is 57.3 Å². The minimum atomic E-state index is 0.681. The predicted octanol–water partition coefficient (Wildman–Crippen LogP) is 3.20. The van der Waals surface area contributed by atoms with Crippen molar-refractivity contribution in [2.75, 3.05) is 45.8 Å². The third-order valence-electron chi connectivity index (χ3n) is 5.81. The monoisotopic (exact) mass is 442 g/mol. The number of aromatic nitrogens is 1. The molecule has 3 rings (SSSR count). The standard InChI is InChI=1S/C24H38N6S/c1-5-25-24(26-12-11-23-28-19(3)20(4)31-23)27-17-21-7-9-22(10-8-21)18-30-15-13-29(6-2)14-16-30/h7-10H,5-6,11-18H2,1-4H3,(H2,25,26,27). The highest BCUT2D eigenvalue weighted by Gasteiger charge is 2.15. The molecule has 0 aliphatic carbocycles. The van der Waals surface area contributed by atoms with Crippen LogP contribution in [0.25, 0.3) is 0 Å². The Morgan fingerprint density at radius 1 is 1.00 bits per heavy atom. The van der Waals surface area contributed by atoms with Crippen molar-refractivity contribution in [2.45, 2.75) is 47.2 Å².